The van der Waals surface area contributed by atoms with Crippen LogP contribution in [-0.2, 0) is 10.2 Å². The summed E-state index contributed by atoms with van der Waals surface area (Å²) in [4.78, 5) is 14.7. The second-order valence-corrected chi connectivity index (χ2v) is 7.89. The van der Waals surface area contributed by atoms with E-state index in [2.05, 4.69) is 58.7 Å². The molecule has 2 aromatic rings. The average Bonchev–Trinajstić information content (AvgIpc) is 2.78. The van der Waals surface area contributed by atoms with Gasteiger partial charge in [-0.25, -0.2) is 4.79 Å². The standard InChI is InChI=1S/C25H34N2O2/c1-2-29-24(28)26-21-25(22-13-6-3-7-14-22,23-15-8-4-9-16-23)17-12-20-27-18-10-5-11-19-27/h3-4,6-9,13-16H,2,5,10-12,17-21H2,1H3,(H,26,28). The molecule has 0 aromatic heterocycles. The monoisotopic (exact) mass is 394 g/mol. The van der Waals surface area contributed by atoms with Crippen LogP contribution in [0, 0.1) is 0 Å². The van der Waals surface area contributed by atoms with E-state index in [9.17, 15) is 4.79 Å². The van der Waals surface area contributed by atoms with Crippen molar-refractivity contribution in [1.82, 2.24) is 10.2 Å². The van der Waals surface area contributed by atoms with Crippen LogP contribution < -0.4 is 5.32 Å². The Morgan fingerprint density at radius 2 is 1.55 bits per heavy atom. The lowest BCUT2D eigenvalue weighted by Gasteiger charge is -2.36. The van der Waals surface area contributed by atoms with Crippen molar-refractivity contribution in [3.8, 4) is 0 Å². The molecule has 1 amide bonds. The van der Waals surface area contributed by atoms with Crippen molar-refractivity contribution in [2.75, 3.05) is 32.8 Å². The van der Waals surface area contributed by atoms with Crippen molar-refractivity contribution in [1.29, 1.82) is 0 Å². The molecule has 1 heterocycles. The van der Waals surface area contributed by atoms with E-state index in [0.29, 0.717) is 13.2 Å². The molecule has 29 heavy (non-hydrogen) atoms. The summed E-state index contributed by atoms with van der Waals surface area (Å²) in [6.45, 7) is 6.28. The SMILES string of the molecule is CCOC(=O)NCC(CCCN1CCCCC1)(c1ccccc1)c1ccccc1. The van der Waals surface area contributed by atoms with Crippen molar-refractivity contribution in [2.24, 2.45) is 0 Å². The summed E-state index contributed by atoms with van der Waals surface area (Å²) in [5, 5.41) is 3.04. The number of hydrogen-bond donors (Lipinski definition) is 1. The second-order valence-electron chi connectivity index (χ2n) is 7.89. The molecule has 2 aromatic carbocycles. The summed E-state index contributed by atoms with van der Waals surface area (Å²) in [5.74, 6) is 0. The van der Waals surface area contributed by atoms with E-state index in [0.717, 1.165) is 19.4 Å². The average molecular weight is 395 g/mol. The van der Waals surface area contributed by atoms with Crippen molar-refractivity contribution < 1.29 is 9.53 Å². The number of hydrogen-bond acceptors (Lipinski definition) is 3. The zero-order valence-electron chi connectivity index (χ0n) is 17.6. The third-order valence-corrected chi connectivity index (χ3v) is 5.99. The Morgan fingerprint density at radius 3 is 2.10 bits per heavy atom. The fourth-order valence-corrected chi connectivity index (χ4v) is 4.45. The first-order chi connectivity index (χ1) is 14.2. The summed E-state index contributed by atoms with van der Waals surface area (Å²) in [7, 11) is 0. The molecule has 4 nitrogen and oxygen atoms in total. The van der Waals surface area contributed by atoms with Crippen molar-refractivity contribution >= 4 is 6.09 Å². The number of carbonyl (C=O) groups excluding carboxylic acids is 1. The first kappa shape index (κ1) is 21.4. The summed E-state index contributed by atoms with van der Waals surface area (Å²) < 4.78 is 5.15. The molecular weight excluding hydrogens is 360 g/mol. The van der Waals surface area contributed by atoms with Gasteiger partial charge in [-0.1, -0.05) is 67.1 Å². The van der Waals surface area contributed by atoms with E-state index < -0.39 is 0 Å². The second kappa shape index (κ2) is 11.0. The van der Waals surface area contributed by atoms with E-state index in [4.69, 9.17) is 4.74 Å². The van der Waals surface area contributed by atoms with Crippen molar-refractivity contribution in [2.45, 2.75) is 44.4 Å². The van der Waals surface area contributed by atoms with Crippen LogP contribution >= 0.6 is 0 Å². The summed E-state index contributed by atoms with van der Waals surface area (Å²) in [6, 6.07) is 21.2. The minimum atomic E-state index is -0.347. The van der Waals surface area contributed by atoms with Gasteiger partial charge in [0.05, 0.1) is 6.61 Å². The Morgan fingerprint density at radius 1 is 0.966 bits per heavy atom. The molecule has 0 spiro atoms. The molecule has 0 unspecified atom stereocenters. The quantitative estimate of drug-likeness (QED) is 0.652. The molecule has 0 bridgehead atoms. The first-order valence-electron chi connectivity index (χ1n) is 11.0. The maximum Gasteiger partial charge on any atom is 0.407 e. The lowest BCUT2D eigenvalue weighted by molar-refractivity contribution is 0.149. The summed E-state index contributed by atoms with van der Waals surface area (Å²) in [6.07, 6.45) is 5.70. The van der Waals surface area contributed by atoms with Crippen LogP contribution in [-0.4, -0.2) is 43.8 Å². The fourth-order valence-electron chi connectivity index (χ4n) is 4.45. The van der Waals surface area contributed by atoms with Gasteiger partial charge in [-0.15, -0.1) is 0 Å². The highest BCUT2D eigenvalue weighted by molar-refractivity contribution is 5.67. The van der Waals surface area contributed by atoms with Gasteiger partial charge < -0.3 is 15.0 Å². The highest BCUT2D eigenvalue weighted by atomic mass is 16.5. The molecule has 1 N–H and O–H groups in total. The molecule has 0 aliphatic carbocycles. The van der Waals surface area contributed by atoms with Crippen molar-refractivity contribution in [3.05, 3.63) is 71.8 Å². The van der Waals surface area contributed by atoms with E-state index in [1.165, 1.54) is 43.5 Å². The largest absolute Gasteiger partial charge is 0.450 e. The topological polar surface area (TPSA) is 41.6 Å². The van der Waals surface area contributed by atoms with Crippen LogP contribution in [0.15, 0.2) is 60.7 Å². The predicted molar refractivity (Wildman–Crippen MR) is 118 cm³/mol. The van der Waals surface area contributed by atoms with Gasteiger partial charge in [0.2, 0.25) is 0 Å². The molecule has 0 saturated carbocycles. The number of ether oxygens (including phenoxy) is 1. The summed E-state index contributed by atoms with van der Waals surface area (Å²) in [5.41, 5.74) is 2.20. The number of likely N-dealkylation sites (tertiary alicyclic amines) is 1. The third-order valence-electron chi connectivity index (χ3n) is 5.99. The van der Waals surface area contributed by atoms with Gasteiger partial charge in [-0.2, -0.15) is 0 Å². The third kappa shape index (κ3) is 5.83. The Kier molecular flexibility index (Phi) is 8.12. The van der Waals surface area contributed by atoms with Crippen LogP contribution in [0.3, 0.4) is 0 Å². The maximum atomic E-state index is 12.1. The lowest BCUT2D eigenvalue weighted by atomic mass is 9.71. The Labute approximate surface area is 175 Å². The number of nitrogens with one attached hydrogen (secondary N) is 1. The molecular formula is C25H34N2O2. The van der Waals surface area contributed by atoms with Crippen LogP contribution in [0.5, 0.6) is 0 Å². The van der Waals surface area contributed by atoms with Gasteiger partial charge in [0, 0.05) is 12.0 Å². The number of carbonyl (C=O) groups is 1. The lowest BCUT2D eigenvalue weighted by Crippen LogP contribution is -2.42. The number of rotatable bonds is 9. The Balaban J connectivity index is 1.85. The smallest absolute Gasteiger partial charge is 0.407 e. The van der Waals surface area contributed by atoms with Crippen LogP contribution in [0.4, 0.5) is 4.79 Å². The van der Waals surface area contributed by atoms with Crippen molar-refractivity contribution in [3.63, 3.8) is 0 Å². The van der Waals surface area contributed by atoms with Gasteiger partial charge in [0.15, 0.2) is 0 Å². The van der Waals surface area contributed by atoms with E-state index in [-0.39, 0.29) is 11.5 Å². The molecule has 0 atom stereocenters. The van der Waals surface area contributed by atoms with Crippen LogP contribution in [0.25, 0.3) is 0 Å². The molecule has 1 saturated heterocycles. The Bertz CT molecular complexity index is 688. The highest BCUT2D eigenvalue weighted by Crippen LogP contribution is 2.36. The van der Waals surface area contributed by atoms with Crippen LogP contribution in [0.2, 0.25) is 0 Å². The number of piperidine rings is 1. The number of alkyl carbamates (subject to hydrolysis) is 1. The zero-order chi connectivity index (χ0) is 20.4. The zero-order valence-corrected chi connectivity index (χ0v) is 17.6. The van der Waals surface area contributed by atoms with Gasteiger partial charge in [0.25, 0.3) is 0 Å². The van der Waals surface area contributed by atoms with Gasteiger partial charge >= 0.3 is 6.09 Å². The molecule has 1 aliphatic rings. The number of nitrogens with zero attached hydrogens (tertiary/aromatic N) is 1. The van der Waals surface area contributed by atoms with E-state index >= 15 is 0 Å². The predicted octanol–water partition coefficient (Wildman–Crippen LogP) is 4.98. The molecule has 1 fully saturated rings. The van der Waals surface area contributed by atoms with Crippen LogP contribution in [0.1, 0.15) is 50.2 Å². The molecule has 0 radical (unpaired) electrons. The van der Waals surface area contributed by atoms with Gasteiger partial charge in [-0.05, 0) is 63.4 Å². The van der Waals surface area contributed by atoms with E-state index in [1.54, 1.807) is 0 Å². The number of benzene rings is 2. The minimum absolute atomic E-state index is 0.273. The molecule has 156 valence electrons. The van der Waals surface area contributed by atoms with Gasteiger partial charge in [-0.3, -0.25) is 0 Å². The maximum absolute atomic E-state index is 12.1. The molecule has 4 heteroatoms. The van der Waals surface area contributed by atoms with E-state index in [1.807, 2.05) is 19.1 Å². The highest BCUT2D eigenvalue weighted by Gasteiger charge is 2.34. The fraction of sp³-hybridized carbons (Fsp3) is 0.480. The normalized spacial score (nSPS) is 15.1. The first-order valence-corrected chi connectivity index (χ1v) is 11.0. The Hall–Kier alpha value is -2.33. The van der Waals surface area contributed by atoms with Gasteiger partial charge in [0.1, 0.15) is 0 Å². The number of amides is 1. The molecule has 1 aliphatic heterocycles. The minimum Gasteiger partial charge on any atom is -0.450 e. The molecule has 3 rings (SSSR count). The summed E-state index contributed by atoms with van der Waals surface area (Å²) >= 11 is 0.